The monoisotopic (exact) mass is 335 g/mol. The van der Waals surface area contributed by atoms with Gasteiger partial charge in [0.05, 0.1) is 12.2 Å². The van der Waals surface area contributed by atoms with Crippen LogP contribution in [0.2, 0.25) is 0 Å². The molecule has 0 unspecified atom stereocenters. The van der Waals surface area contributed by atoms with E-state index in [2.05, 4.69) is 14.8 Å². The van der Waals surface area contributed by atoms with Gasteiger partial charge in [-0.3, -0.25) is 9.80 Å². The maximum atomic E-state index is 14.0. The number of halogens is 2. The first-order valence-electron chi connectivity index (χ1n) is 8.28. The Bertz CT molecular complexity index is 689. The van der Waals surface area contributed by atoms with Gasteiger partial charge in [0.2, 0.25) is 5.89 Å². The summed E-state index contributed by atoms with van der Waals surface area (Å²) in [7, 11) is 0. The van der Waals surface area contributed by atoms with E-state index in [4.69, 9.17) is 4.42 Å². The zero-order chi connectivity index (χ0) is 17.3. The van der Waals surface area contributed by atoms with Gasteiger partial charge in [-0.1, -0.05) is 6.07 Å². The van der Waals surface area contributed by atoms with E-state index in [1.807, 2.05) is 20.8 Å². The van der Waals surface area contributed by atoms with Crippen molar-refractivity contribution in [2.45, 2.75) is 33.4 Å². The number of hydrogen-bond donors (Lipinski definition) is 0. The summed E-state index contributed by atoms with van der Waals surface area (Å²) in [6, 6.07) is 3.74. The number of piperazine rings is 1. The molecule has 1 aromatic heterocycles. The van der Waals surface area contributed by atoms with Crippen molar-refractivity contribution in [1.29, 1.82) is 0 Å². The molecule has 1 aromatic carbocycles. The van der Waals surface area contributed by atoms with E-state index in [9.17, 15) is 8.78 Å². The largest absolute Gasteiger partial charge is 0.444 e. The Morgan fingerprint density at radius 3 is 2.46 bits per heavy atom. The van der Waals surface area contributed by atoms with Crippen LogP contribution in [-0.4, -0.2) is 41.0 Å². The number of nitrogens with zero attached hydrogens (tertiary/aromatic N) is 3. The Labute approximate surface area is 141 Å². The molecule has 0 spiro atoms. The summed E-state index contributed by atoms with van der Waals surface area (Å²) in [4.78, 5) is 8.93. The normalized spacial score (nSPS) is 18.0. The average molecular weight is 335 g/mol. The Balaban J connectivity index is 1.58. The van der Waals surface area contributed by atoms with Crippen molar-refractivity contribution < 1.29 is 13.2 Å². The Kier molecular flexibility index (Phi) is 4.96. The molecule has 2 aromatic rings. The minimum atomic E-state index is -0.537. The van der Waals surface area contributed by atoms with Crippen LogP contribution in [0.4, 0.5) is 8.78 Å². The highest BCUT2D eigenvalue weighted by Crippen LogP contribution is 2.25. The highest BCUT2D eigenvalue weighted by molar-refractivity contribution is 5.22. The van der Waals surface area contributed by atoms with E-state index in [0.717, 1.165) is 49.6 Å². The highest BCUT2D eigenvalue weighted by Gasteiger charge is 2.24. The summed E-state index contributed by atoms with van der Waals surface area (Å²) in [5.41, 5.74) is 1.48. The smallest absolute Gasteiger partial charge is 0.208 e. The molecule has 24 heavy (non-hydrogen) atoms. The summed E-state index contributed by atoms with van der Waals surface area (Å²) in [5, 5.41) is 0. The number of benzene rings is 1. The first kappa shape index (κ1) is 17.0. The number of rotatable bonds is 4. The van der Waals surface area contributed by atoms with E-state index in [1.54, 1.807) is 6.07 Å². The molecule has 0 amide bonds. The second kappa shape index (κ2) is 6.99. The maximum absolute atomic E-state index is 14.0. The lowest BCUT2D eigenvalue weighted by Gasteiger charge is -2.37. The van der Waals surface area contributed by atoms with Gasteiger partial charge >= 0.3 is 0 Å². The first-order valence-corrected chi connectivity index (χ1v) is 8.28. The van der Waals surface area contributed by atoms with Gasteiger partial charge in [0.15, 0.2) is 0 Å². The second-order valence-electron chi connectivity index (χ2n) is 6.40. The van der Waals surface area contributed by atoms with Gasteiger partial charge < -0.3 is 4.42 Å². The Morgan fingerprint density at radius 2 is 1.88 bits per heavy atom. The molecule has 1 fully saturated rings. The lowest BCUT2D eigenvalue weighted by atomic mass is 10.1. The highest BCUT2D eigenvalue weighted by atomic mass is 19.1. The first-order chi connectivity index (χ1) is 11.4. The topological polar surface area (TPSA) is 32.5 Å². The molecule has 1 aliphatic rings. The van der Waals surface area contributed by atoms with E-state index >= 15 is 0 Å². The molecule has 1 saturated heterocycles. The molecule has 4 nitrogen and oxygen atoms in total. The molecule has 2 heterocycles. The molecule has 130 valence electrons. The van der Waals surface area contributed by atoms with Gasteiger partial charge in [0, 0.05) is 43.9 Å². The predicted molar refractivity (Wildman–Crippen MR) is 87.6 cm³/mol. The van der Waals surface area contributed by atoms with Crippen molar-refractivity contribution in [1.82, 2.24) is 14.8 Å². The number of hydrogen-bond acceptors (Lipinski definition) is 4. The fraction of sp³-hybridized carbons (Fsp3) is 0.500. The zero-order valence-electron chi connectivity index (χ0n) is 14.4. The van der Waals surface area contributed by atoms with Crippen molar-refractivity contribution in [2.24, 2.45) is 0 Å². The number of aromatic nitrogens is 1. The molecular weight excluding hydrogens is 312 g/mol. The van der Waals surface area contributed by atoms with E-state index in [0.29, 0.717) is 12.1 Å². The Morgan fingerprint density at radius 1 is 1.17 bits per heavy atom. The third-order valence-electron chi connectivity index (χ3n) is 4.80. The van der Waals surface area contributed by atoms with Crippen molar-refractivity contribution in [3.8, 4) is 0 Å². The van der Waals surface area contributed by atoms with E-state index < -0.39 is 11.6 Å². The zero-order valence-corrected chi connectivity index (χ0v) is 14.4. The standard InChI is InChI=1S/C18H23F2N3O/c1-12-14(3)24-18(21-12)11-22-6-8-23(9-7-22)13(2)16-5-4-15(19)10-17(16)20/h4-5,10,13H,6-9,11H2,1-3H3/t13-/m0/s1. The average Bonchev–Trinajstić information content (AvgIpc) is 2.85. The summed E-state index contributed by atoms with van der Waals surface area (Å²) in [6.07, 6.45) is 0. The summed E-state index contributed by atoms with van der Waals surface area (Å²) in [5.74, 6) is 0.598. The minimum absolute atomic E-state index is 0.0704. The molecule has 0 radical (unpaired) electrons. The molecule has 1 aliphatic heterocycles. The lowest BCUT2D eigenvalue weighted by Crippen LogP contribution is -2.46. The second-order valence-corrected chi connectivity index (χ2v) is 6.40. The van der Waals surface area contributed by atoms with Crippen molar-refractivity contribution in [3.63, 3.8) is 0 Å². The van der Waals surface area contributed by atoms with Crippen LogP contribution in [0.1, 0.15) is 35.9 Å². The molecule has 0 bridgehead atoms. The van der Waals surface area contributed by atoms with Gasteiger partial charge in [-0.15, -0.1) is 0 Å². The van der Waals surface area contributed by atoms with Crippen molar-refractivity contribution in [2.75, 3.05) is 26.2 Å². The number of oxazole rings is 1. The lowest BCUT2D eigenvalue weighted by molar-refractivity contribution is 0.0907. The van der Waals surface area contributed by atoms with Crippen LogP contribution in [0.25, 0.3) is 0 Å². The molecule has 3 rings (SSSR count). The molecular formula is C18H23F2N3O. The van der Waals surface area contributed by atoms with Crippen LogP contribution < -0.4 is 0 Å². The van der Waals surface area contributed by atoms with Gasteiger partial charge in [0.25, 0.3) is 0 Å². The van der Waals surface area contributed by atoms with Crippen LogP contribution in [-0.2, 0) is 6.54 Å². The molecule has 1 atom stereocenters. The van der Waals surface area contributed by atoms with Gasteiger partial charge in [-0.25, -0.2) is 13.8 Å². The van der Waals surface area contributed by atoms with Crippen LogP contribution in [0.15, 0.2) is 22.6 Å². The minimum Gasteiger partial charge on any atom is -0.444 e. The van der Waals surface area contributed by atoms with E-state index in [-0.39, 0.29) is 6.04 Å². The Hall–Kier alpha value is -1.79. The summed E-state index contributed by atoms with van der Waals surface area (Å²) >= 11 is 0. The van der Waals surface area contributed by atoms with Crippen LogP contribution in [0, 0.1) is 25.5 Å². The van der Waals surface area contributed by atoms with E-state index in [1.165, 1.54) is 6.07 Å². The fourth-order valence-electron chi connectivity index (χ4n) is 3.14. The molecule has 6 heteroatoms. The summed E-state index contributed by atoms with van der Waals surface area (Å²) < 4.78 is 32.7. The number of aryl methyl sites for hydroxylation is 2. The third-order valence-corrected chi connectivity index (χ3v) is 4.80. The van der Waals surface area contributed by atoms with Gasteiger partial charge in [-0.05, 0) is 26.8 Å². The third kappa shape index (κ3) is 3.65. The predicted octanol–water partition coefficient (Wildman–Crippen LogP) is 3.45. The van der Waals surface area contributed by atoms with Crippen LogP contribution in [0.3, 0.4) is 0 Å². The quantitative estimate of drug-likeness (QED) is 0.857. The molecule has 0 N–H and O–H groups in total. The fourth-order valence-corrected chi connectivity index (χ4v) is 3.14. The van der Waals surface area contributed by atoms with Crippen molar-refractivity contribution in [3.05, 3.63) is 52.7 Å². The summed E-state index contributed by atoms with van der Waals surface area (Å²) in [6.45, 7) is 9.92. The molecule has 0 aliphatic carbocycles. The van der Waals surface area contributed by atoms with Crippen LogP contribution in [0.5, 0.6) is 0 Å². The SMILES string of the molecule is Cc1nc(CN2CCN([C@@H](C)c3ccc(F)cc3F)CC2)oc1C. The van der Waals surface area contributed by atoms with Crippen LogP contribution >= 0.6 is 0 Å². The molecule has 0 saturated carbocycles. The maximum Gasteiger partial charge on any atom is 0.208 e. The van der Waals surface area contributed by atoms with Gasteiger partial charge in [-0.2, -0.15) is 0 Å². The van der Waals surface area contributed by atoms with Crippen molar-refractivity contribution >= 4 is 0 Å². The van der Waals surface area contributed by atoms with Gasteiger partial charge in [0.1, 0.15) is 17.4 Å².